The van der Waals surface area contributed by atoms with Crippen molar-refractivity contribution >= 4 is 46.6 Å². The molecule has 122 valence electrons. The molecule has 3 rings (SSSR count). The zero-order valence-electron chi connectivity index (χ0n) is 12.3. The van der Waals surface area contributed by atoms with Crippen LogP contribution in [0.5, 0.6) is 5.75 Å². The van der Waals surface area contributed by atoms with Gasteiger partial charge in [0.2, 0.25) is 0 Å². The van der Waals surface area contributed by atoms with Crippen molar-refractivity contribution in [1.29, 1.82) is 0 Å². The molecule has 0 fully saturated rings. The van der Waals surface area contributed by atoms with E-state index < -0.39 is 0 Å². The fourth-order valence-corrected chi connectivity index (χ4v) is 2.69. The minimum Gasteiger partial charge on any atom is -0.507 e. The molecule has 1 aromatic heterocycles. The number of hydrazone groups is 1. The summed E-state index contributed by atoms with van der Waals surface area (Å²) in [6.45, 7) is 0. The van der Waals surface area contributed by atoms with E-state index in [2.05, 4.69) is 15.5 Å². The Bertz CT molecular complexity index is 877. The number of hydrogen-bond acceptors (Lipinski definition) is 6. The summed E-state index contributed by atoms with van der Waals surface area (Å²) in [6.07, 6.45) is 1.32. The van der Waals surface area contributed by atoms with Crippen LogP contribution in [0.4, 0.5) is 0 Å². The first-order valence-corrected chi connectivity index (χ1v) is 8.27. The number of carbonyl (C=O) groups is 1. The van der Waals surface area contributed by atoms with Gasteiger partial charge in [-0.1, -0.05) is 35.5 Å². The Hall–Kier alpha value is -2.51. The quantitative estimate of drug-likeness (QED) is 0.413. The standard InChI is InChI=1S/C16H12ClN3O3S/c17-11-5-6-13(21)10(7-11)8-18-20-15(22)9-24-16-19-12-3-1-2-4-14(12)23-16/h1-8,21H,9H2,(H,20,22)/b18-8-. The molecule has 0 bridgehead atoms. The molecule has 0 aliphatic rings. The smallest absolute Gasteiger partial charge is 0.257 e. The van der Waals surface area contributed by atoms with E-state index in [1.54, 1.807) is 12.1 Å². The first-order valence-electron chi connectivity index (χ1n) is 6.90. The first-order chi connectivity index (χ1) is 11.6. The van der Waals surface area contributed by atoms with Crippen molar-refractivity contribution < 1.29 is 14.3 Å². The Morgan fingerprint density at radius 2 is 2.21 bits per heavy atom. The summed E-state index contributed by atoms with van der Waals surface area (Å²) in [7, 11) is 0. The third kappa shape index (κ3) is 4.06. The highest BCUT2D eigenvalue weighted by molar-refractivity contribution is 7.99. The molecule has 2 N–H and O–H groups in total. The largest absolute Gasteiger partial charge is 0.507 e. The Morgan fingerprint density at radius 3 is 3.04 bits per heavy atom. The number of aromatic hydroxyl groups is 1. The monoisotopic (exact) mass is 361 g/mol. The second kappa shape index (κ2) is 7.37. The predicted octanol–water partition coefficient (Wildman–Crippen LogP) is 3.43. The Morgan fingerprint density at radius 1 is 1.38 bits per heavy atom. The topological polar surface area (TPSA) is 87.7 Å². The summed E-state index contributed by atoms with van der Waals surface area (Å²) in [5.41, 5.74) is 4.20. The van der Waals surface area contributed by atoms with Crippen molar-refractivity contribution in [2.75, 3.05) is 5.75 Å². The van der Waals surface area contributed by atoms with Crippen LogP contribution in [-0.2, 0) is 4.79 Å². The number of halogens is 1. The van der Waals surface area contributed by atoms with E-state index in [1.807, 2.05) is 24.3 Å². The molecule has 1 amide bonds. The van der Waals surface area contributed by atoms with E-state index in [9.17, 15) is 9.90 Å². The van der Waals surface area contributed by atoms with Crippen molar-refractivity contribution in [1.82, 2.24) is 10.4 Å². The third-order valence-electron chi connectivity index (χ3n) is 2.98. The third-order valence-corrected chi connectivity index (χ3v) is 4.05. The highest BCUT2D eigenvalue weighted by Gasteiger charge is 2.08. The number of rotatable bonds is 5. The average Bonchev–Trinajstić information content (AvgIpc) is 2.99. The van der Waals surface area contributed by atoms with Crippen LogP contribution in [-0.4, -0.2) is 28.0 Å². The number of benzene rings is 2. The number of oxazole rings is 1. The minimum absolute atomic E-state index is 0.0262. The highest BCUT2D eigenvalue weighted by atomic mass is 35.5. The lowest BCUT2D eigenvalue weighted by atomic mass is 10.2. The van der Waals surface area contributed by atoms with Crippen LogP contribution in [0.15, 0.2) is 57.2 Å². The number of phenols is 1. The van der Waals surface area contributed by atoms with Crippen molar-refractivity contribution in [3.63, 3.8) is 0 Å². The Kier molecular flexibility index (Phi) is 5.02. The average molecular weight is 362 g/mol. The molecule has 2 aromatic carbocycles. The summed E-state index contributed by atoms with van der Waals surface area (Å²) in [4.78, 5) is 16.0. The maximum absolute atomic E-state index is 11.8. The fourth-order valence-electron chi connectivity index (χ4n) is 1.87. The van der Waals surface area contributed by atoms with E-state index in [-0.39, 0.29) is 17.4 Å². The van der Waals surface area contributed by atoms with Crippen molar-refractivity contribution in [2.45, 2.75) is 5.22 Å². The molecule has 24 heavy (non-hydrogen) atoms. The molecule has 0 saturated carbocycles. The number of carbonyl (C=O) groups excluding carboxylic acids is 1. The van der Waals surface area contributed by atoms with E-state index in [0.717, 1.165) is 5.52 Å². The number of aromatic nitrogens is 1. The summed E-state index contributed by atoms with van der Waals surface area (Å²) in [6, 6.07) is 11.9. The van der Waals surface area contributed by atoms with E-state index in [1.165, 1.54) is 24.0 Å². The van der Waals surface area contributed by atoms with Gasteiger partial charge in [0.25, 0.3) is 11.1 Å². The number of thioether (sulfide) groups is 1. The van der Waals surface area contributed by atoms with Crippen LogP contribution in [0, 0.1) is 0 Å². The van der Waals surface area contributed by atoms with E-state index in [0.29, 0.717) is 21.4 Å². The van der Waals surface area contributed by atoms with Crippen LogP contribution >= 0.6 is 23.4 Å². The van der Waals surface area contributed by atoms with Crippen molar-refractivity contribution in [3.8, 4) is 5.75 Å². The second-order valence-electron chi connectivity index (χ2n) is 4.73. The van der Waals surface area contributed by atoms with Crippen molar-refractivity contribution in [3.05, 3.63) is 53.1 Å². The lowest BCUT2D eigenvalue weighted by Gasteiger charge is -2.00. The molecule has 0 atom stereocenters. The predicted molar refractivity (Wildman–Crippen MR) is 93.6 cm³/mol. The molecular formula is C16H12ClN3O3S. The van der Waals surface area contributed by atoms with Gasteiger partial charge in [-0.15, -0.1) is 0 Å². The van der Waals surface area contributed by atoms with Gasteiger partial charge in [0.05, 0.1) is 12.0 Å². The van der Waals surface area contributed by atoms with E-state index in [4.69, 9.17) is 16.0 Å². The first kappa shape index (κ1) is 16.4. The van der Waals surface area contributed by atoms with Gasteiger partial charge in [0.15, 0.2) is 5.58 Å². The van der Waals surface area contributed by atoms with Crippen LogP contribution in [0.2, 0.25) is 5.02 Å². The van der Waals surface area contributed by atoms with Gasteiger partial charge in [-0.3, -0.25) is 4.79 Å². The van der Waals surface area contributed by atoms with Gasteiger partial charge < -0.3 is 9.52 Å². The lowest BCUT2D eigenvalue weighted by Crippen LogP contribution is -2.19. The molecule has 6 nitrogen and oxygen atoms in total. The Labute approximate surface area is 146 Å². The van der Waals surface area contributed by atoms with Crippen molar-refractivity contribution in [2.24, 2.45) is 5.10 Å². The highest BCUT2D eigenvalue weighted by Crippen LogP contribution is 2.23. The van der Waals surface area contributed by atoms with Gasteiger partial charge in [-0.25, -0.2) is 10.4 Å². The second-order valence-corrected chi connectivity index (χ2v) is 6.10. The maximum atomic E-state index is 11.8. The number of amides is 1. The van der Waals surface area contributed by atoms with E-state index >= 15 is 0 Å². The number of phenolic OH excluding ortho intramolecular Hbond substituents is 1. The van der Waals surface area contributed by atoms with Crippen LogP contribution in [0.25, 0.3) is 11.1 Å². The molecule has 0 spiro atoms. The molecule has 1 heterocycles. The van der Waals surface area contributed by atoms with Gasteiger partial charge >= 0.3 is 0 Å². The van der Waals surface area contributed by atoms with Gasteiger partial charge in [-0.2, -0.15) is 5.10 Å². The van der Waals surface area contributed by atoms with Crippen LogP contribution < -0.4 is 5.43 Å². The lowest BCUT2D eigenvalue weighted by molar-refractivity contribution is -0.118. The molecule has 0 aliphatic carbocycles. The molecule has 0 aliphatic heterocycles. The number of para-hydroxylation sites is 2. The number of fused-ring (bicyclic) bond motifs is 1. The summed E-state index contributed by atoms with van der Waals surface area (Å²) >= 11 is 7.00. The molecule has 0 unspecified atom stereocenters. The summed E-state index contributed by atoms with van der Waals surface area (Å²) in [5.74, 6) is -0.190. The number of hydrogen-bond donors (Lipinski definition) is 2. The van der Waals surface area contributed by atoms with Gasteiger partial charge in [0, 0.05) is 10.6 Å². The SMILES string of the molecule is O=C(CSc1nc2ccccc2o1)N/N=C\c1cc(Cl)ccc1O. The van der Waals surface area contributed by atoms with Gasteiger partial charge in [0.1, 0.15) is 11.3 Å². The minimum atomic E-state index is -0.319. The summed E-state index contributed by atoms with van der Waals surface area (Å²) < 4.78 is 5.51. The molecule has 0 radical (unpaired) electrons. The molecular weight excluding hydrogens is 350 g/mol. The number of nitrogens with one attached hydrogen (secondary N) is 1. The van der Waals surface area contributed by atoms with Gasteiger partial charge in [-0.05, 0) is 30.3 Å². The maximum Gasteiger partial charge on any atom is 0.257 e. The molecule has 8 heteroatoms. The summed E-state index contributed by atoms with van der Waals surface area (Å²) in [5, 5.41) is 14.3. The fraction of sp³-hybridized carbons (Fsp3) is 0.0625. The van der Waals surface area contributed by atoms with Crippen LogP contribution in [0.1, 0.15) is 5.56 Å². The molecule has 3 aromatic rings. The normalized spacial score (nSPS) is 11.2. The molecule has 0 saturated heterocycles. The Balaban J connectivity index is 1.54. The zero-order valence-corrected chi connectivity index (χ0v) is 13.8. The van der Waals surface area contributed by atoms with Crippen LogP contribution in [0.3, 0.4) is 0 Å². The zero-order chi connectivity index (χ0) is 16.9. The number of nitrogens with zero attached hydrogens (tertiary/aromatic N) is 2.